The Balaban J connectivity index is 2.37. The van der Waals surface area contributed by atoms with Crippen LogP contribution in [0.1, 0.15) is 25.5 Å². The van der Waals surface area contributed by atoms with Gasteiger partial charge in [-0.2, -0.15) is 5.10 Å². The van der Waals surface area contributed by atoms with Crippen molar-refractivity contribution in [3.63, 3.8) is 0 Å². The number of hydrogen-bond acceptors (Lipinski definition) is 2. The van der Waals surface area contributed by atoms with Crippen LogP contribution in [-0.4, -0.2) is 20.9 Å². The molecule has 0 aliphatic carbocycles. The second-order valence-electron chi connectivity index (χ2n) is 4.72. The third-order valence-corrected chi connectivity index (χ3v) is 2.78. The highest BCUT2D eigenvalue weighted by atomic mass is 19.1. The first-order valence-corrected chi connectivity index (χ1v) is 6.01. The van der Waals surface area contributed by atoms with E-state index in [9.17, 15) is 9.18 Å². The lowest BCUT2D eigenvalue weighted by Gasteiger charge is -2.04. The number of hydrogen-bond donors (Lipinski definition) is 1. The van der Waals surface area contributed by atoms with Crippen LogP contribution in [0.3, 0.4) is 0 Å². The fraction of sp³-hybridized carbons (Fsp3) is 0.286. The molecule has 0 aliphatic rings. The lowest BCUT2D eigenvalue weighted by Crippen LogP contribution is -2.01. The monoisotopic (exact) mass is 262 g/mol. The van der Waals surface area contributed by atoms with E-state index >= 15 is 0 Å². The first kappa shape index (κ1) is 13.3. The minimum absolute atomic E-state index is 0.191. The van der Waals surface area contributed by atoms with Gasteiger partial charge in [0.15, 0.2) is 0 Å². The fourth-order valence-electron chi connectivity index (χ4n) is 1.86. The zero-order valence-electron chi connectivity index (χ0n) is 10.8. The van der Waals surface area contributed by atoms with E-state index in [1.807, 2.05) is 20.0 Å². The molecular weight excluding hydrogens is 247 g/mol. The van der Waals surface area contributed by atoms with Crippen LogP contribution in [-0.2, 0) is 11.2 Å². The van der Waals surface area contributed by atoms with E-state index in [-0.39, 0.29) is 12.5 Å². The molecule has 2 aromatic rings. The van der Waals surface area contributed by atoms with Crippen LogP contribution in [0.2, 0.25) is 0 Å². The van der Waals surface area contributed by atoms with Crippen molar-refractivity contribution in [2.75, 3.05) is 0 Å². The molecule has 0 saturated carbocycles. The second-order valence-corrected chi connectivity index (χ2v) is 4.72. The Morgan fingerprint density at radius 2 is 2.11 bits per heavy atom. The van der Waals surface area contributed by atoms with Gasteiger partial charge in [-0.1, -0.05) is 6.07 Å². The Hall–Kier alpha value is -2.17. The Morgan fingerprint density at radius 1 is 1.37 bits per heavy atom. The smallest absolute Gasteiger partial charge is 0.307 e. The predicted molar refractivity (Wildman–Crippen MR) is 69.3 cm³/mol. The summed E-state index contributed by atoms with van der Waals surface area (Å²) in [6.45, 7) is 4.00. The number of carboxylic acids is 1. The number of benzene rings is 1. The molecule has 4 nitrogen and oxygen atoms in total. The van der Waals surface area contributed by atoms with Crippen LogP contribution in [0.5, 0.6) is 0 Å². The van der Waals surface area contributed by atoms with E-state index in [0.717, 1.165) is 5.56 Å². The van der Waals surface area contributed by atoms with Crippen molar-refractivity contribution in [3.8, 4) is 11.1 Å². The highest BCUT2D eigenvalue weighted by Gasteiger charge is 2.09. The quantitative estimate of drug-likeness (QED) is 0.921. The van der Waals surface area contributed by atoms with Gasteiger partial charge in [0.1, 0.15) is 5.82 Å². The van der Waals surface area contributed by atoms with Crippen molar-refractivity contribution >= 4 is 5.97 Å². The summed E-state index contributed by atoms with van der Waals surface area (Å²) in [5.41, 5.74) is 1.86. The van der Waals surface area contributed by atoms with E-state index in [4.69, 9.17) is 5.11 Å². The average molecular weight is 262 g/mol. The lowest BCUT2D eigenvalue weighted by atomic mass is 10.0. The molecule has 0 fully saturated rings. The molecule has 0 spiro atoms. The number of halogens is 1. The first-order valence-electron chi connectivity index (χ1n) is 6.01. The van der Waals surface area contributed by atoms with Crippen molar-refractivity contribution in [3.05, 3.63) is 42.0 Å². The molecule has 1 aromatic heterocycles. The third-order valence-electron chi connectivity index (χ3n) is 2.78. The van der Waals surface area contributed by atoms with Gasteiger partial charge in [0.2, 0.25) is 0 Å². The topological polar surface area (TPSA) is 55.1 Å². The van der Waals surface area contributed by atoms with Crippen LogP contribution >= 0.6 is 0 Å². The molecule has 19 heavy (non-hydrogen) atoms. The number of aromatic nitrogens is 2. The Labute approximate surface area is 110 Å². The van der Waals surface area contributed by atoms with E-state index in [2.05, 4.69) is 5.10 Å². The number of carboxylic acid groups (broad SMARTS) is 1. The van der Waals surface area contributed by atoms with E-state index in [1.165, 1.54) is 12.1 Å². The third kappa shape index (κ3) is 3.19. The van der Waals surface area contributed by atoms with E-state index in [0.29, 0.717) is 11.1 Å². The van der Waals surface area contributed by atoms with Gasteiger partial charge in [-0.15, -0.1) is 0 Å². The Kier molecular flexibility index (Phi) is 3.64. The van der Waals surface area contributed by atoms with Gasteiger partial charge in [-0.25, -0.2) is 4.39 Å². The maximum Gasteiger partial charge on any atom is 0.307 e. The molecule has 2 rings (SSSR count). The minimum Gasteiger partial charge on any atom is -0.481 e. The predicted octanol–water partition coefficient (Wildman–Crippen LogP) is 2.90. The van der Waals surface area contributed by atoms with Gasteiger partial charge in [-0.05, 0) is 37.1 Å². The van der Waals surface area contributed by atoms with Crippen molar-refractivity contribution < 1.29 is 14.3 Å². The number of nitrogens with zero attached hydrogens (tertiary/aromatic N) is 2. The largest absolute Gasteiger partial charge is 0.481 e. The zero-order chi connectivity index (χ0) is 14.0. The van der Waals surface area contributed by atoms with Crippen molar-refractivity contribution in [2.24, 2.45) is 0 Å². The van der Waals surface area contributed by atoms with Gasteiger partial charge in [0, 0.05) is 17.8 Å². The molecule has 0 unspecified atom stereocenters. The highest BCUT2D eigenvalue weighted by molar-refractivity contribution is 5.72. The molecule has 0 atom stereocenters. The minimum atomic E-state index is -0.977. The summed E-state index contributed by atoms with van der Waals surface area (Å²) in [4.78, 5) is 10.7. The summed E-state index contributed by atoms with van der Waals surface area (Å²) in [5, 5.41) is 12.9. The molecule has 5 heteroatoms. The Morgan fingerprint density at radius 3 is 2.68 bits per heavy atom. The molecule has 0 aliphatic heterocycles. The summed E-state index contributed by atoms with van der Waals surface area (Å²) < 4.78 is 15.3. The van der Waals surface area contributed by atoms with Crippen molar-refractivity contribution in [1.82, 2.24) is 9.78 Å². The molecule has 0 bridgehead atoms. The molecule has 0 amide bonds. The summed E-state index contributed by atoms with van der Waals surface area (Å²) in [5.74, 6) is -1.42. The second kappa shape index (κ2) is 5.22. The first-order chi connectivity index (χ1) is 8.95. The van der Waals surface area contributed by atoms with Gasteiger partial charge in [0.05, 0.1) is 12.6 Å². The molecule has 1 N–H and O–H groups in total. The van der Waals surface area contributed by atoms with Gasteiger partial charge < -0.3 is 5.11 Å². The number of rotatable bonds is 4. The average Bonchev–Trinajstić information content (AvgIpc) is 2.76. The molecular formula is C14H15FN2O2. The van der Waals surface area contributed by atoms with E-state index < -0.39 is 11.8 Å². The normalized spacial score (nSPS) is 10.9. The maximum absolute atomic E-state index is 13.5. The molecule has 100 valence electrons. The summed E-state index contributed by atoms with van der Waals surface area (Å²) in [6.07, 6.45) is 3.28. The van der Waals surface area contributed by atoms with Crippen LogP contribution < -0.4 is 0 Å². The molecule has 0 saturated heterocycles. The van der Waals surface area contributed by atoms with Crippen LogP contribution in [0.4, 0.5) is 4.39 Å². The van der Waals surface area contributed by atoms with Gasteiger partial charge in [-0.3, -0.25) is 9.48 Å². The summed E-state index contributed by atoms with van der Waals surface area (Å²) >= 11 is 0. The van der Waals surface area contributed by atoms with Crippen LogP contribution in [0.25, 0.3) is 11.1 Å². The summed E-state index contributed by atoms with van der Waals surface area (Å²) in [6, 6.07) is 4.52. The van der Waals surface area contributed by atoms with E-state index in [1.54, 1.807) is 16.9 Å². The van der Waals surface area contributed by atoms with Crippen LogP contribution in [0, 0.1) is 5.82 Å². The van der Waals surface area contributed by atoms with Crippen molar-refractivity contribution in [2.45, 2.75) is 26.3 Å². The SMILES string of the molecule is CC(C)n1cc(-c2cc(F)cc(CC(=O)O)c2)cn1. The van der Waals surface area contributed by atoms with Crippen LogP contribution in [0.15, 0.2) is 30.6 Å². The molecule has 1 aromatic carbocycles. The number of carbonyl (C=O) groups is 1. The standard InChI is InChI=1S/C14H15FN2O2/c1-9(2)17-8-12(7-16-17)11-3-10(5-14(18)19)4-13(15)6-11/h3-4,6-9H,5H2,1-2H3,(H,18,19). The highest BCUT2D eigenvalue weighted by Crippen LogP contribution is 2.23. The molecule has 1 heterocycles. The van der Waals surface area contributed by atoms with Crippen molar-refractivity contribution in [1.29, 1.82) is 0 Å². The zero-order valence-corrected chi connectivity index (χ0v) is 10.8. The maximum atomic E-state index is 13.5. The number of aliphatic carboxylic acids is 1. The van der Waals surface area contributed by atoms with Gasteiger partial charge >= 0.3 is 5.97 Å². The summed E-state index contributed by atoms with van der Waals surface area (Å²) in [7, 11) is 0. The fourth-order valence-corrected chi connectivity index (χ4v) is 1.86. The molecule has 0 radical (unpaired) electrons. The Bertz CT molecular complexity index is 605. The lowest BCUT2D eigenvalue weighted by molar-refractivity contribution is -0.136. The van der Waals surface area contributed by atoms with Gasteiger partial charge in [0.25, 0.3) is 0 Å².